The van der Waals surface area contributed by atoms with Crippen LogP contribution in [-0.2, 0) is 4.79 Å². The number of carbonyl (C=O) groups excluding carboxylic acids is 1. The fraction of sp³-hybridized carbons (Fsp3) is 0.125. The maximum Gasteiger partial charge on any atom is 0.377 e. The lowest BCUT2D eigenvalue weighted by Gasteiger charge is -2.16. The van der Waals surface area contributed by atoms with Crippen molar-refractivity contribution in [1.29, 1.82) is 0 Å². The summed E-state index contributed by atoms with van der Waals surface area (Å²) in [6.45, 7) is -0.212. The number of hydrogen-bond acceptors (Lipinski definition) is 6. The molecule has 2 unspecified atom stereocenters. The molecule has 0 fully saturated rings. The van der Waals surface area contributed by atoms with Gasteiger partial charge in [0.1, 0.15) is 0 Å². The highest BCUT2D eigenvalue weighted by Crippen LogP contribution is 2.14. The topological polar surface area (TPSA) is 158 Å². The highest BCUT2D eigenvalue weighted by atomic mass is 16.4. The van der Waals surface area contributed by atoms with Crippen LogP contribution in [0.25, 0.3) is 0 Å². The van der Waals surface area contributed by atoms with Crippen molar-refractivity contribution in [2.75, 3.05) is 6.61 Å². The van der Waals surface area contributed by atoms with Gasteiger partial charge in [-0.05, 0) is 17.7 Å². The predicted molar refractivity (Wildman–Crippen MR) is 118 cm³/mol. The van der Waals surface area contributed by atoms with Crippen LogP contribution in [0.4, 0.5) is 0 Å². The third kappa shape index (κ3) is 9.31. The summed E-state index contributed by atoms with van der Waals surface area (Å²) in [6.07, 6.45) is -0.781. The van der Waals surface area contributed by atoms with Gasteiger partial charge in [-0.15, -0.1) is 0 Å². The number of hydrogen-bond donors (Lipinski definition) is 5. The van der Waals surface area contributed by atoms with Crippen LogP contribution < -0.4 is 5.73 Å². The van der Waals surface area contributed by atoms with Crippen LogP contribution in [-0.4, -0.2) is 50.8 Å². The number of carbonyl (C=O) groups is 3. The molecule has 6 N–H and O–H groups in total. The van der Waals surface area contributed by atoms with E-state index in [9.17, 15) is 19.5 Å². The first-order valence-electron chi connectivity index (χ1n) is 9.48. The van der Waals surface area contributed by atoms with Gasteiger partial charge in [0, 0.05) is 5.56 Å². The Morgan fingerprint density at radius 3 is 1.47 bits per heavy atom. The third-order valence-corrected chi connectivity index (χ3v) is 4.01. The van der Waals surface area contributed by atoms with Gasteiger partial charge in [-0.3, -0.25) is 4.79 Å². The molecule has 0 aliphatic heterocycles. The van der Waals surface area contributed by atoms with Crippen molar-refractivity contribution in [1.82, 2.24) is 0 Å². The van der Waals surface area contributed by atoms with E-state index in [4.69, 9.17) is 21.1 Å². The average molecular weight is 439 g/mol. The van der Waals surface area contributed by atoms with Gasteiger partial charge >= 0.3 is 11.9 Å². The number of Topliss-reactive ketones (excluding diaryl/α,β-unsaturated/α-hetero) is 1. The minimum absolute atomic E-state index is 0.208. The Hall–Kier alpha value is -3.85. The molecule has 3 aromatic carbocycles. The lowest BCUT2D eigenvalue weighted by atomic mass is 10.0. The lowest BCUT2D eigenvalue weighted by molar-refractivity contribution is -0.131. The Morgan fingerprint density at radius 1 is 0.719 bits per heavy atom. The van der Waals surface area contributed by atoms with E-state index in [1.807, 2.05) is 18.2 Å². The van der Waals surface area contributed by atoms with Crippen molar-refractivity contribution >= 4 is 17.7 Å². The highest BCUT2D eigenvalue weighted by molar-refractivity contribution is 6.39. The number of ketones is 1. The Kier molecular flexibility index (Phi) is 11.6. The van der Waals surface area contributed by atoms with Crippen LogP contribution in [0.15, 0.2) is 91.0 Å². The average Bonchev–Trinajstić information content (AvgIpc) is 2.85. The van der Waals surface area contributed by atoms with Gasteiger partial charge in [-0.25, -0.2) is 9.59 Å². The van der Waals surface area contributed by atoms with Gasteiger partial charge in [0.05, 0.1) is 24.3 Å². The molecule has 32 heavy (non-hydrogen) atoms. The first-order chi connectivity index (χ1) is 15.3. The van der Waals surface area contributed by atoms with Gasteiger partial charge in [0.25, 0.3) is 5.78 Å². The molecule has 0 spiro atoms. The Morgan fingerprint density at radius 2 is 1.12 bits per heavy atom. The molecule has 0 amide bonds. The van der Waals surface area contributed by atoms with E-state index in [-0.39, 0.29) is 12.2 Å². The SMILES string of the molecule is NC(CO)C(O)c1ccccc1.O=C(O)C(=O)c1ccccc1.O=C(O)c1ccccc1. The number of benzene rings is 3. The van der Waals surface area contributed by atoms with Gasteiger partial charge in [-0.2, -0.15) is 0 Å². The molecule has 0 saturated heterocycles. The summed E-state index contributed by atoms with van der Waals surface area (Å²) in [5, 5.41) is 34.9. The zero-order valence-electron chi connectivity index (χ0n) is 17.1. The number of aromatic carboxylic acids is 1. The Balaban J connectivity index is 0.000000242. The molecule has 0 saturated carbocycles. The molecule has 3 aromatic rings. The normalized spacial score (nSPS) is 11.5. The third-order valence-electron chi connectivity index (χ3n) is 4.01. The largest absolute Gasteiger partial charge is 0.478 e. The number of aliphatic hydroxyl groups excluding tert-OH is 2. The summed E-state index contributed by atoms with van der Waals surface area (Å²) in [7, 11) is 0. The first-order valence-corrected chi connectivity index (χ1v) is 9.48. The molecule has 0 bridgehead atoms. The Labute approximate surface area is 185 Å². The minimum Gasteiger partial charge on any atom is -0.478 e. The smallest absolute Gasteiger partial charge is 0.377 e. The number of rotatable bonds is 6. The molecule has 0 heterocycles. The predicted octanol–water partition coefficient (Wildman–Crippen LogP) is 2.38. The molecule has 168 valence electrons. The molecule has 8 nitrogen and oxygen atoms in total. The second kappa shape index (κ2) is 14.2. The second-order valence-corrected chi connectivity index (χ2v) is 6.37. The summed E-state index contributed by atoms with van der Waals surface area (Å²) in [5.41, 5.74) is 6.72. The zero-order chi connectivity index (χ0) is 23.9. The van der Waals surface area contributed by atoms with E-state index < -0.39 is 29.9 Å². The van der Waals surface area contributed by atoms with E-state index >= 15 is 0 Å². The van der Waals surface area contributed by atoms with Crippen LogP contribution in [0.1, 0.15) is 32.4 Å². The van der Waals surface area contributed by atoms with Crippen LogP contribution in [0.3, 0.4) is 0 Å². The molecule has 0 radical (unpaired) electrons. The van der Waals surface area contributed by atoms with Crippen LogP contribution in [0.2, 0.25) is 0 Å². The molecule has 3 rings (SSSR count). The summed E-state index contributed by atoms with van der Waals surface area (Å²) < 4.78 is 0. The van der Waals surface area contributed by atoms with Gasteiger partial charge < -0.3 is 26.2 Å². The minimum atomic E-state index is -1.42. The number of carboxylic acids is 2. The fourth-order valence-corrected chi connectivity index (χ4v) is 2.29. The van der Waals surface area contributed by atoms with Crippen molar-refractivity contribution in [3.63, 3.8) is 0 Å². The van der Waals surface area contributed by atoms with Gasteiger partial charge in [0.15, 0.2) is 0 Å². The molecule has 8 heteroatoms. The van der Waals surface area contributed by atoms with Gasteiger partial charge in [-0.1, -0.05) is 78.9 Å². The zero-order valence-corrected chi connectivity index (χ0v) is 17.1. The number of nitrogens with two attached hydrogens (primary N) is 1. The number of carboxylic acid groups (broad SMARTS) is 2. The Bertz CT molecular complexity index is 963. The van der Waals surface area contributed by atoms with E-state index in [1.54, 1.807) is 60.7 Å². The van der Waals surface area contributed by atoms with Crippen molar-refractivity contribution in [2.45, 2.75) is 12.1 Å². The molecule has 2 atom stereocenters. The second-order valence-electron chi connectivity index (χ2n) is 6.37. The van der Waals surface area contributed by atoms with Crippen molar-refractivity contribution in [2.24, 2.45) is 5.73 Å². The standard InChI is InChI=1S/C9H13NO2.C8H6O3.C7H6O2/c10-8(6-11)9(12)7-4-2-1-3-5-7;9-7(8(10)11)6-4-2-1-3-5-6;8-7(9)6-4-2-1-3-5-6/h1-5,8-9,11-12H,6,10H2;1-5H,(H,10,11);1-5H,(H,8,9). The van der Waals surface area contributed by atoms with Crippen LogP contribution in [0.5, 0.6) is 0 Å². The summed E-state index contributed by atoms with van der Waals surface area (Å²) in [6, 6.07) is 24.7. The van der Waals surface area contributed by atoms with Crippen molar-refractivity contribution in [3.8, 4) is 0 Å². The molecular formula is C24H25NO7. The molecule has 0 aliphatic carbocycles. The molecular weight excluding hydrogens is 414 g/mol. The lowest BCUT2D eigenvalue weighted by Crippen LogP contribution is -2.31. The molecule has 0 aromatic heterocycles. The quantitative estimate of drug-likeness (QED) is 0.289. The maximum atomic E-state index is 10.7. The van der Waals surface area contributed by atoms with E-state index in [2.05, 4.69) is 0 Å². The van der Waals surface area contributed by atoms with Crippen LogP contribution in [0, 0.1) is 0 Å². The highest BCUT2D eigenvalue weighted by Gasteiger charge is 2.14. The van der Waals surface area contributed by atoms with Crippen molar-refractivity contribution in [3.05, 3.63) is 108 Å². The summed E-state index contributed by atoms with van der Waals surface area (Å²) >= 11 is 0. The molecule has 0 aliphatic rings. The van der Waals surface area contributed by atoms with Crippen molar-refractivity contribution < 1.29 is 34.8 Å². The summed E-state index contributed by atoms with van der Waals surface area (Å²) in [4.78, 5) is 31.1. The van der Waals surface area contributed by atoms with Crippen LogP contribution >= 0.6 is 0 Å². The fourth-order valence-electron chi connectivity index (χ4n) is 2.29. The number of aliphatic carboxylic acids is 1. The van der Waals surface area contributed by atoms with E-state index in [0.717, 1.165) is 5.56 Å². The first kappa shape index (κ1) is 26.2. The summed E-state index contributed by atoms with van der Waals surface area (Å²) in [5.74, 6) is -3.17. The number of aliphatic hydroxyl groups is 2. The maximum absolute atomic E-state index is 10.7. The van der Waals surface area contributed by atoms with E-state index in [1.165, 1.54) is 12.1 Å². The monoisotopic (exact) mass is 439 g/mol. The van der Waals surface area contributed by atoms with Gasteiger partial charge in [0.2, 0.25) is 0 Å². The van der Waals surface area contributed by atoms with E-state index in [0.29, 0.717) is 5.56 Å².